The van der Waals surface area contributed by atoms with Gasteiger partial charge < -0.3 is 0 Å². The Kier molecular flexibility index (Phi) is 3.64. The van der Waals surface area contributed by atoms with Crippen LogP contribution in [0.4, 0.5) is 0 Å². The van der Waals surface area contributed by atoms with Gasteiger partial charge in [0.1, 0.15) is 0 Å². The van der Waals surface area contributed by atoms with Crippen LogP contribution in [0.15, 0.2) is 24.7 Å². The molecule has 1 aliphatic rings. The van der Waals surface area contributed by atoms with E-state index in [1.165, 1.54) is 37.2 Å². The summed E-state index contributed by atoms with van der Waals surface area (Å²) in [6, 6.07) is 2.08. The molecule has 0 bridgehead atoms. The van der Waals surface area contributed by atoms with Crippen LogP contribution >= 0.6 is 0 Å². The molecule has 102 valence electrons. The van der Waals surface area contributed by atoms with E-state index in [1.807, 2.05) is 24.1 Å². The minimum atomic E-state index is 0.742. The number of nitrogens with zero attached hydrogens (tertiary/aromatic N) is 4. The van der Waals surface area contributed by atoms with Crippen molar-refractivity contribution in [3.8, 4) is 0 Å². The molecule has 0 aromatic carbocycles. The van der Waals surface area contributed by atoms with E-state index in [2.05, 4.69) is 32.5 Å². The van der Waals surface area contributed by atoms with Crippen molar-refractivity contribution >= 4 is 0 Å². The molecule has 2 aromatic heterocycles. The zero-order valence-electron chi connectivity index (χ0n) is 11.4. The predicted molar refractivity (Wildman–Crippen MR) is 73.5 cm³/mol. The Morgan fingerprint density at radius 2 is 2.42 bits per heavy atom. The predicted octanol–water partition coefficient (Wildman–Crippen LogP) is 1.60. The van der Waals surface area contributed by atoms with Crippen LogP contribution in [0.3, 0.4) is 0 Å². The third-order valence-electron chi connectivity index (χ3n) is 3.83. The normalized spacial score (nSPS) is 20.8. The number of hydrogen-bond acceptors (Lipinski definition) is 3. The van der Waals surface area contributed by atoms with E-state index < -0.39 is 0 Å². The van der Waals surface area contributed by atoms with Crippen LogP contribution < -0.4 is 0 Å². The van der Waals surface area contributed by atoms with E-state index in [4.69, 9.17) is 0 Å². The standard InChI is InChI=1S/C14H21N5/c1-18-9-13(8-16-18)11-19-6-2-3-12(10-19)7-14-4-5-15-17-14/h4-5,8-9,12H,2-3,6-7,10-11H2,1H3,(H,15,17). The van der Waals surface area contributed by atoms with Crippen molar-refractivity contribution in [2.45, 2.75) is 25.8 Å². The van der Waals surface area contributed by atoms with Crippen molar-refractivity contribution in [1.29, 1.82) is 0 Å². The average Bonchev–Trinajstić information content (AvgIpc) is 3.02. The maximum atomic E-state index is 4.24. The minimum Gasteiger partial charge on any atom is -0.299 e. The Morgan fingerprint density at radius 1 is 1.47 bits per heavy atom. The van der Waals surface area contributed by atoms with Gasteiger partial charge in [0, 0.05) is 43.8 Å². The van der Waals surface area contributed by atoms with Crippen LogP contribution in [0.25, 0.3) is 0 Å². The van der Waals surface area contributed by atoms with Gasteiger partial charge in [0.05, 0.1) is 6.20 Å². The third kappa shape index (κ3) is 3.23. The van der Waals surface area contributed by atoms with E-state index in [0.717, 1.165) is 18.9 Å². The summed E-state index contributed by atoms with van der Waals surface area (Å²) in [7, 11) is 1.97. The fourth-order valence-electron chi connectivity index (χ4n) is 2.98. The Bertz CT molecular complexity index is 502. The quantitative estimate of drug-likeness (QED) is 0.907. The molecule has 1 N–H and O–H groups in total. The molecule has 5 heteroatoms. The molecule has 19 heavy (non-hydrogen) atoms. The van der Waals surface area contributed by atoms with Crippen molar-refractivity contribution in [3.05, 3.63) is 35.9 Å². The van der Waals surface area contributed by atoms with E-state index >= 15 is 0 Å². The summed E-state index contributed by atoms with van der Waals surface area (Å²) in [5, 5.41) is 11.3. The number of likely N-dealkylation sites (tertiary alicyclic amines) is 1. The molecule has 2 aromatic rings. The molecule has 0 spiro atoms. The van der Waals surface area contributed by atoms with Crippen LogP contribution in [0.2, 0.25) is 0 Å². The number of hydrogen-bond donors (Lipinski definition) is 1. The summed E-state index contributed by atoms with van der Waals surface area (Å²) >= 11 is 0. The Hall–Kier alpha value is -1.62. The van der Waals surface area contributed by atoms with Crippen LogP contribution in [0, 0.1) is 5.92 Å². The average molecular weight is 259 g/mol. The van der Waals surface area contributed by atoms with Gasteiger partial charge in [-0.15, -0.1) is 0 Å². The van der Waals surface area contributed by atoms with E-state index in [1.54, 1.807) is 0 Å². The second kappa shape index (κ2) is 5.57. The maximum Gasteiger partial charge on any atom is 0.0534 e. The number of aromatic amines is 1. The highest BCUT2D eigenvalue weighted by Gasteiger charge is 2.20. The van der Waals surface area contributed by atoms with Crippen LogP contribution in [0.1, 0.15) is 24.1 Å². The van der Waals surface area contributed by atoms with Gasteiger partial charge in [-0.3, -0.25) is 14.7 Å². The van der Waals surface area contributed by atoms with Gasteiger partial charge in [-0.1, -0.05) is 0 Å². The molecule has 5 nitrogen and oxygen atoms in total. The lowest BCUT2D eigenvalue weighted by atomic mass is 9.93. The molecule has 0 radical (unpaired) electrons. The minimum absolute atomic E-state index is 0.742. The smallest absolute Gasteiger partial charge is 0.0534 e. The topological polar surface area (TPSA) is 49.7 Å². The summed E-state index contributed by atoms with van der Waals surface area (Å²) in [6.07, 6.45) is 9.65. The fourth-order valence-corrected chi connectivity index (χ4v) is 2.98. The van der Waals surface area contributed by atoms with E-state index in [-0.39, 0.29) is 0 Å². The summed E-state index contributed by atoms with van der Waals surface area (Å²) < 4.78 is 1.88. The first-order chi connectivity index (χ1) is 9.29. The number of piperidine rings is 1. The highest BCUT2D eigenvalue weighted by molar-refractivity contribution is 5.04. The molecule has 3 heterocycles. The Balaban J connectivity index is 1.55. The fraction of sp³-hybridized carbons (Fsp3) is 0.571. The first kappa shape index (κ1) is 12.4. The van der Waals surface area contributed by atoms with Crippen molar-refractivity contribution in [2.24, 2.45) is 13.0 Å². The number of aromatic nitrogens is 4. The van der Waals surface area contributed by atoms with Crippen molar-refractivity contribution in [2.75, 3.05) is 13.1 Å². The second-order valence-corrected chi connectivity index (χ2v) is 5.55. The Labute approximate surface area is 113 Å². The van der Waals surface area contributed by atoms with Gasteiger partial charge in [-0.05, 0) is 37.8 Å². The van der Waals surface area contributed by atoms with E-state index in [0.29, 0.717) is 0 Å². The van der Waals surface area contributed by atoms with Gasteiger partial charge in [-0.2, -0.15) is 10.2 Å². The molecular weight excluding hydrogens is 238 g/mol. The van der Waals surface area contributed by atoms with Gasteiger partial charge in [0.25, 0.3) is 0 Å². The first-order valence-electron chi connectivity index (χ1n) is 6.98. The van der Waals surface area contributed by atoms with E-state index in [9.17, 15) is 0 Å². The molecule has 1 fully saturated rings. The zero-order chi connectivity index (χ0) is 13.1. The third-order valence-corrected chi connectivity index (χ3v) is 3.83. The number of nitrogens with one attached hydrogen (secondary N) is 1. The van der Waals surface area contributed by atoms with Crippen LogP contribution in [-0.2, 0) is 20.0 Å². The van der Waals surface area contributed by atoms with Crippen molar-refractivity contribution in [1.82, 2.24) is 24.9 Å². The zero-order valence-corrected chi connectivity index (χ0v) is 11.4. The summed E-state index contributed by atoms with van der Waals surface area (Å²) in [4.78, 5) is 2.54. The van der Waals surface area contributed by atoms with Gasteiger partial charge in [0.2, 0.25) is 0 Å². The summed E-state index contributed by atoms with van der Waals surface area (Å²) in [5.41, 5.74) is 2.57. The summed E-state index contributed by atoms with van der Waals surface area (Å²) in [5.74, 6) is 0.742. The van der Waals surface area contributed by atoms with Crippen molar-refractivity contribution < 1.29 is 0 Å². The number of H-pyrrole nitrogens is 1. The molecule has 1 atom stereocenters. The highest BCUT2D eigenvalue weighted by atomic mass is 15.2. The largest absolute Gasteiger partial charge is 0.299 e. The van der Waals surface area contributed by atoms with Crippen molar-refractivity contribution in [3.63, 3.8) is 0 Å². The van der Waals surface area contributed by atoms with Crippen LogP contribution in [0.5, 0.6) is 0 Å². The number of rotatable bonds is 4. The molecule has 0 saturated carbocycles. The van der Waals surface area contributed by atoms with Crippen LogP contribution in [-0.4, -0.2) is 38.0 Å². The lowest BCUT2D eigenvalue weighted by Gasteiger charge is -2.32. The lowest BCUT2D eigenvalue weighted by molar-refractivity contribution is 0.166. The molecule has 1 aliphatic heterocycles. The highest BCUT2D eigenvalue weighted by Crippen LogP contribution is 2.21. The van der Waals surface area contributed by atoms with Gasteiger partial charge >= 0.3 is 0 Å². The molecule has 0 aliphatic carbocycles. The van der Waals surface area contributed by atoms with Gasteiger partial charge in [0.15, 0.2) is 0 Å². The monoisotopic (exact) mass is 259 g/mol. The maximum absolute atomic E-state index is 4.24. The Morgan fingerprint density at radius 3 is 3.16 bits per heavy atom. The SMILES string of the molecule is Cn1cc(CN2CCCC(Cc3ccn[nH]3)C2)cn1. The first-order valence-corrected chi connectivity index (χ1v) is 6.98. The second-order valence-electron chi connectivity index (χ2n) is 5.55. The lowest BCUT2D eigenvalue weighted by Crippen LogP contribution is -2.35. The molecule has 1 saturated heterocycles. The molecule has 0 amide bonds. The van der Waals surface area contributed by atoms with Gasteiger partial charge in [-0.25, -0.2) is 0 Å². The molecule has 3 rings (SSSR count). The molecular formula is C14H21N5. The summed E-state index contributed by atoms with van der Waals surface area (Å²) in [6.45, 7) is 3.40. The molecule has 1 unspecified atom stereocenters. The number of aryl methyl sites for hydroxylation is 1.